The Kier molecular flexibility index (Phi) is 5.18. The van der Waals surface area contributed by atoms with E-state index in [1.807, 2.05) is 19.9 Å². The molecule has 0 aliphatic carbocycles. The van der Waals surface area contributed by atoms with Crippen LogP contribution in [0.4, 0.5) is 0 Å². The fourth-order valence-corrected chi connectivity index (χ4v) is 1.98. The van der Waals surface area contributed by atoms with Gasteiger partial charge in [-0.1, -0.05) is 31.5 Å². The van der Waals surface area contributed by atoms with Gasteiger partial charge in [0.2, 0.25) is 0 Å². The van der Waals surface area contributed by atoms with Crippen LogP contribution in [0.15, 0.2) is 18.2 Å². The highest BCUT2D eigenvalue weighted by atomic mass is 35.5. The molecule has 0 aliphatic rings. The molecule has 0 aliphatic heterocycles. The molecule has 1 aromatic rings. The largest absolute Gasteiger partial charge is 0.495 e. The summed E-state index contributed by atoms with van der Waals surface area (Å²) in [5, 5.41) is 9.54. The molecule has 0 saturated carbocycles. The molecule has 0 fully saturated rings. The highest BCUT2D eigenvalue weighted by molar-refractivity contribution is 6.32. The zero-order chi connectivity index (χ0) is 13.7. The second kappa shape index (κ2) is 6.42. The number of nitriles is 1. The normalized spacial score (nSPS) is 12.0. The zero-order valence-electron chi connectivity index (χ0n) is 10.7. The Bertz CT molecular complexity index is 477. The van der Waals surface area contributed by atoms with Crippen molar-refractivity contribution in [2.24, 2.45) is 5.92 Å². The maximum Gasteiger partial charge on any atom is 0.154 e. The van der Waals surface area contributed by atoms with Gasteiger partial charge in [-0.05, 0) is 23.6 Å². The van der Waals surface area contributed by atoms with Gasteiger partial charge in [-0.3, -0.25) is 4.79 Å². The van der Waals surface area contributed by atoms with E-state index in [9.17, 15) is 4.79 Å². The molecule has 1 unspecified atom stereocenters. The Balaban J connectivity index is 3.00. The summed E-state index contributed by atoms with van der Waals surface area (Å²) in [5.74, 6) is -0.0555. The number of carbonyl (C=O) groups excluding carboxylic acids is 1. The van der Waals surface area contributed by atoms with Gasteiger partial charge in [0.25, 0.3) is 0 Å². The first-order valence-electron chi connectivity index (χ1n) is 5.75. The van der Waals surface area contributed by atoms with E-state index >= 15 is 0 Å². The van der Waals surface area contributed by atoms with Crippen molar-refractivity contribution in [3.05, 3.63) is 28.8 Å². The van der Waals surface area contributed by atoms with Crippen molar-refractivity contribution in [3.63, 3.8) is 0 Å². The van der Waals surface area contributed by atoms with Gasteiger partial charge in [0.05, 0.1) is 18.2 Å². The molecule has 0 aromatic heterocycles. The first-order valence-corrected chi connectivity index (χ1v) is 6.13. The molecular formula is C14H16ClNO2. The van der Waals surface area contributed by atoms with E-state index in [1.54, 1.807) is 18.2 Å². The van der Waals surface area contributed by atoms with Crippen LogP contribution in [0.2, 0.25) is 5.02 Å². The van der Waals surface area contributed by atoms with Crippen molar-refractivity contribution >= 4 is 17.4 Å². The predicted molar refractivity (Wildman–Crippen MR) is 70.8 cm³/mol. The standard InChI is InChI=1S/C14H16ClNO2/c1-9(2)6-13(17)11(8-16)10-4-5-14(18-3)12(15)7-10/h4-5,7,9,11H,6H2,1-3H3. The Hall–Kier alpha value is -1.53. The molecule has 0 radical (unpaired) electrons. The van der Waals surface area contributed by atoms with Crippen LogP contribution in [0, 0.1) is 17.2 Å². The van der Waals surface area contributed by atoms with Gasteiger partial charge < -0.3 is 4.74 Å². The third-order valence-corrected chi connectivity index (χ3v) is 2.87. The first kappa shape index (κ1) is 14.5. The number of hydrogen-bond acceptors (Lipinski definition) is 3. The average Bonchev–Trinajstić information content (AvgIpc) is 2.29. The summed E-state index contributed by atoms with van der Waals surface area (Å²) in [6.45, 7) is 3.90. The molecule has 0 heterocycles. The highest BCUT2D eigenvalue weighted by Crippen LogP contribution is 2.29. The molecule has 0 bridgehead atoms. The lowest BCUT2D eigenvalue weighted by atomic mass is 9.91. The van der Waals surface area contributed by atoms with Crippen LogP contribution >= 0.6 is 11.6 Å². The molecule has 0 saturated heterocycles. The summed E-state index contributed by atoms with van der Waals surface area (Å²) < 4.78 is 5.04. The van der Waals surface area contributed by atoms with Crippen molar-refractivity contribution in [1.82, 2.24) is 0 Å². The summed E-state index contributed by atoms with van der Waals surface area (Å²) in [4.78, 5) is 12.0. The van der Waals surface area contributed by atoms with Crippen molar-refractivity contribution in [1.29, 1.82) is 5.26 Å². The monoisotopic (exact) mass is 265 g/mol. The molecule has 0 spiro atoms. The molecular weight excluding hydrogens is 250 g/mol. The van der Waals surface area contributed by atoms with Crippen molar-refractivity contribution in [2.75, 3.05) is 7.11 Å². The van der Waals surface area contributed by atoms with E-state index in [1.165, 1.54) is 7.11 Å². The average molecular weight is 266 g/mol. The summed E-state index contributed by atoms with van der Waals surface area (Å²) >= 11 is 6.00. The second-order valence-electron chi connectivity index (χ2n) is 4.52. The minimum atomic E-state index is -0.754. The maximum atomic E-state index is 12.0. The van der Waals surface area contributed by atoms with E-state index in [0.717, 1.165) is 0 Å². The molecule has 0 amide bonds. The van der Waals surface area contributed by atoms with E-state index in [2.05, 4.69) is 0 Å². The summed E-state index contributed by atoms with van der Waals surface area (Å²) in [7, 11) is 1.52. The van der Waals surface area contributed by atoms with E-state index in [-0.39, 0.29) is 11.7 Å². The van der Waals surface area contributed by atoms with E-state index in [0.29, 0.717) is 22.8 Å². The van der Waals surface area contributed by atoms with Crippen LogP contribution in [0.1, 0.15) is 31.7 Å². The number of ketones is 1. The number of rotatable bonds is 5. The van der Waals surface area contributed by atoms with Crippen molar-refractivity contribution in [2.45, 2.75) is 26.2 Å². The number of benzene rings is 1. The van der Waals surface area contributed by atoms with Crippen LogP contribution in [0.25, 0.3) is 0 Å². The quantitative estimate of drug-likeness (QED) is 0.818. The first-order chi connectivity index (χ1) is 8.49. The van der Waals surface area contributed by atoms with Gasteiger partial charge in [-0.15, -0.1) is 0 Å². The van der Waals surface area contributed by atoms with Crippen LogP contribution < -0.4 is 4.74 Å². The van der Waals surface area contributed by atoms with Crippen LogP contribution in [-0.4, -0.2) is 12.9 Å². The smallest absolute Gasteiger partial charge is 0.154 e. The number of nitrogens with zero attached hydrogens (tertiary/aromatic N) is 1. The molecule has 4 heteroatoms. The number of ether oxygens (including phenoxy) is 1. The third-order valence-electron chi connectivity index (χ3n) is 2.57. The van der Waals surface area contributed by atoms with Crippen LogP contribution in [0.3, 0.4) is 0 Å². The predicted octanol–water partition coefficient (Wildman–Crippen LogP) is 3.57. The van der Waals surface area contributed by atoms with Gasteiger partial charge in [0.15, 0.2) is 5.78 Å². The molecule has 1 rings (SSSR count). The summed E-state index contributed by atoms with van der Waals surface area (Å²) in [6.07, 6.45) is 0.391. The lowest BCUT2D eigenvalue weighted by molar-refractivity contribution is -0.120. The third kappa shape index (κ3) is 3.48. The van der Waals surface area contributed by atoms with Crippen LogP contribution in [-0.2, 0) is 4.79 Å². The maximum absolute atomic E-state index is 12.0. The molecule has 1 aromatic carbocycles. The van der Waals surface area contributed by atoms with Crippen molar-refractivity contribution in [3.8, 4) is 11.8 Å². The van der Waals surface area contributed by atoms with Gasteiger partial charge in [-0.25, -0.2) is 0 Å². The Morgan fingerprint density at radius 3 is 2.61 bits per heavy atom. The van der Waals surface area contributed by atoms with Gasteiger partial charge in [-0.2, -0.15) is 5.26 Å². The summed E-state index contributed by atoms with van der Waals surface area (Å²) in [6, 6.07) is 7.03. The minimum Gasteiger partial charge on any atom is -0.495 e. The number of halogens is 1. The zero-order valence-corrected chi connectivity index (χ0v) is 11.5. The number of Topliss-reactive ketones (excluding diaryl/α,β-unsaturated/α-hetero) is 1. The highest BCUT2D eigenvalue weighted by Gasteiger charge is 2.21. The topological polar surface area (TPSA) is 50.1 Å². The Morgan fingerprint density at radius 1 is 1.50 bits per heavy atom. The summed E-state index contributed by atoms with van der Waals surface area (Å²) in [5.41, 5.74) is 0.619. The molecule has 0 N–H and O–H groups in total. The SMILES string of the molecule is COc1ccc(C(C#N)C(=O)CC(C)C)cc1Cl. The van der Waals surface area contributed by atoms with E-state index in [4.69, 9.17) is 21.6 Å². The minimum absolute atomic E-state index is 0.0752. The fourth-order valence-electron chi connectivity index (χ4n) is 1.71. The molecule has 96 valence electrons. The second-order valence-corrected chi connectivity index (χ2v) is 4.93. The Morgan fingerprint density at radius 2 is 2.17 bits per heavy atom. The van der Waals surface area contributed by atoms with Gasteiger partial charge >= 0.3 is 0 Å². The van der Waals surface area contributed by atoms with Gasteiger partial charge in [0.1, 0.15) is 11.7 Å². The van der Waals surface area contributed by atoms with Crippen molar-refractivity contribution < 1.29 is 9.53 Å². The lowest BCUT2D eigenvalue weighted by Crippen LogP contribution is -2.13. The van der Waals surface area contributed by atoms with E-state index < -0.39 is 5.92 Å². The van der Waals surface area contributed by atoms with Gasteiger partial charge in [0, 0.05) is 6.42 Å². The number of methoxy groups -OCH3 is 1. The molecule has 3 nitrogen and oxygen atoms in total. The molecule has 18 heavy (non-hydrogen) atoms. The number of hydrogen-bond donors (Lipinski definition) is 0. The Labute approximate surface area is 112 Å². The molecule has 1 atom stereocenters. The fraction of sp³-hybridized carbons (Fsp3) is 0.429. The lowest BCUT2D eigenvalue weighted by Gasteiger charge is -2.12. The van der Waals surface area contributed by atoms with Crippen LogP contribution in [0.5, 0.6) is 5.75 Å². The number of carbonyl (C=O) groups is 1.